The van der Waals surface area contributed by atoms with Gasteiger partial charge in [-0.05, 0) is 24.1 Å². The smallest absolute Gasteiger partial charge is 0.340 e. The first-order valence-corrected chi connectivity index (χ1v) is 5.16. The minimum absolute atomic E-state index is 0.116. The Labute approximate surface area is 93.9 Å². The molecule has 1 rings (SSSR count). The van der Waals surface area contributed by atoms with Crippen molar-refractivity contribution in [3.8, 4) is 0 Å². The predicted octanol–water partition coefficient (Wildman–Crippen LogP) is 2.45. The molecule has 16 heavy (non-hydrogen) atoms. The Morgan fingerprint density at radius 1 is 1.56 bits per heavy atom. The summed E-state index contributed by atoms with van der Waals surface area (Å²) in [6.45, 7) is 1.93. The van der Waals surface area contributed by atoms with Crippen molar-refractivity contribution in [2.75, 3.05) is 7.11 Å². The maximum Gasteiger partial charge on any atom is 0.340 e. The number of carbonyl (C=O) groups is 1. The van der Waals surface area contributed by atoms with E-state index in [0.29, 0.717) is 12.0 Å². The van der Waals surface area contributed by atoms with Gasteiger partial charge in [-0.15, -0.1) is 0 Å². The average molecular weight is 226 g/mol. The van der Waals surface area contributed by atoms with Crippen molar-refractivity contribution in [3.05, 3.63) is 35.1 Å². The monoisotopic (exact) mass is 226 g/mol. The van der Waals surface area contributed by atoms with Crippen molar-refractivity contribution >= 4 is 5.97 Å². The zero-order chi connectivity index (χ0) is 12.1. The third-order valence-electron chi connectivity index (χ3n) is 2.35. The van der Waals surface area contributed by atoms with Crippen molar-refractivity contribution in [2.24, 2.45) is 0 Å². The van der Waals surface area contributed by atoms with Crippen molar-refractivity contribution in [1.29, 1.82) is 0 Å². The summed E-state index contributed by atoms with van der Waals surface area (Å²) in [5.41, 5.74) is 0.363. The van der Waals surface area contributed by atoms with Crippen LogP contribution in [0.3, 0.4) is 0 Å². The van der Waals surface area contributed by atoms with Crippen LogP contribution in [0.1, 0.15) is 41.8 Å². The molecule has 0 amide bonds. The van der Waals surface area contributed by atoms with Gasteiger partial charge in [0.25, 0.3) is 0 Å². The number of esters is 1. The second-order valence-electron chi connectivity index (χ2n) is 3.54. The van der Waals surface area contributed by atoms with Gasteiger partial charge in [-0.3, -0.25) is 0 Å². The quantitative estimate of drug-likeness (QED) is 0.802. The third-order valence-corrected chi connectivity index (χ3v) is 2.35. The Hall–Kier alpha value is -1.42. The Balaban J connectivity index is 2.94. The van der Waals surface area contributed by atoms with E-state index < -0.39 is 17.9 Å². The van der Waals surface area contributed by atoms with E-state index in [0.717, 1.165) is 6.42 Å². The summed E-state index contributed by atoms with van der Waals surface area (Å²) in [5, 5.41) is 9.65. The maximum atomic E-state index is 13.5. The van der Waals surface area contributed by atoms with Gasteiger partial charge in [-0.25, -0.2) is 9.18 Å². The fourth-order valence-corrected chi connectivity index (χ4v) is 1.45. The van der Waals surface area contributed by atoms with E-state index in [1.165, 1.54) is 25.3 Å². The average Bonchev–Trinajstić information content (AvgIpc) is 2.28. The van der Waals surface area contributed by atoms with E-state index in [9.17, 15) is 14.3 Å². The van der Waals surface area contributed by atoms with Crippen molar-refractivity contribution in [2.45, 2.75) is 25.9 Å². The molecule has 0 spiro atoms. The zero-order valence-corrected chi connectivity index (χ0v) is 9.37. The molecule has 0 saturated heterocycles. The Bertz CT molecular complexity index is 377. The molecule has 0 aromatic heterocycles. The number of benzene rings is 1. The second-order valence-corrected chi connectivity index (χ2v) is 3.54. The van der Waals surface area contributed by atoms with Crippen LogP contribution in [0.25, 0.3) is 0 Å². The van der Waals surface area contributed by atoms with Crippen LogP contribution in [-0.2, 0) is 4.74 Å². The predicted molar refractivity (Wildman–Crippen MR) is 57.6 cm³/mol. The molecule has 0 saturated carbocycles. The first-order chi connectivity index (χ1) is 7.60. The normalized spacial score (nSPS) is 12.2. The molecule has 0 aliphatic carbocycles. The number of aliphatic hydroxyl groups excluding tert-OH is 1. The molecular formula is C12H15FO3. The highest BCUT2D eigenvalue weighted by atomic mass is 19.1. The molecule has 0 aliphatic heterocycles. The molecule has 1 aromatic carbocycles. The lowest BCUT2D eigenvalue weighted by Gasteiger charge is -2.10. The first-order valence-electron chi connectivity index (χ1n) is 5.16. The van der Waals surface area contributed by atoms with Crippen molar-refractivity contribution < 1.29 is 19.0 Å². The molecule has 0 fully saturated rings. The van der Waals surface area contributed by atoms with E-state index in [4.69, 9.17) is 0 Å². The highest BCUT2D eigenvalue weighted by molar-refractivity contribution is 5.89. The summed E-state index contributed by atoms with van der Waals surface area (Å²) >= 11 is 0. The number of hydrogen-bond donors (Lipinski definition) is 1. The molecule has 1 atom stereocenters. The number of halogens is 1. The van der Waals surface area contributed by atoms with Gasteiger partial charge >= 0.3 is 5.97 Å². The standard InChI is InChI=1S/C12H15FO3/c1-3-4-11(14)8-5-6-9(10(13)7-8)12(15)16-2/h5-7,11,14H,3-4H2,1-2H3. The topological polar surface area (TPSA) is 46.5 Å². The lowest BCUT2D eigenvalue weighted by molar-refractivity contribution is 0.0595. The van der Waals surface area contributed by atoms with Crippen LogP contribution in [0.5, 0.6) is 0 Å². The fourth-order valence-electron chi connectivity index (χ4n) is 1.45. The zero-order valence-electron chi connectivity index (χ0n) is 9.37. The largest absolute Gasteiger partial charge is 0.465 e. The number of carbonyl (C=O) groups excluding carboxylic acids is 1. The number of rotatable bonds is 4. The molecule has 1 aromatic rings. The van der Waals surface area contributed by atoms with Crippen LogP contribution in [0.15, 0.2) is 18.2 Å². The van der Waals surface area contributed by atoms with Crippen LogP contribution in [0, 0.1) is 5.82 Å². The van der Waals surface area contributed by atoms with E-state index in [1.807, 2.05) is 6.92 Å². The summed E-state index contributed by atoms with van der Waals surface area (Å²) in [6, 6.07) is 4.04. The SMILES string of the molecule is CCCC(O)c1ccc(C(=O)OC)c(F)c1. The molecule has 0 bridgehead atoms. The third kappa shape index (κ3) is 2.79. The van der Waals surface area contributed by atoms with Gasteiger partial charge in [0.05, 0.1) is 18.8 Å². The molecule has 4 heteroatoms. The van der Waals surface area contributed by atoms with Crippen LogP contribution >= 0.6 is 0 Å². The number of methoxy groups -OCH3 is 1. The van der Waals surface area contributed by atoms with E-state index in [2.05, 4.69) is 4.74 Å². The lowest BCUT2D eigenvalue weighted by atomic mass is 10.0. The minimum Gasteiger partial charge on any atom is -0.465 e. The summed E-state index contributed by atoms with van der Waals surface area (Å²) in [6.07, 6.45) is 0.685. The molecule has 0 radical (unpaired) electrons. The van der Waals surface area contributed by atoms with Crippen LogP contribution in [0.4, 0.5) is 4.39 Å². The Morgan fingerprint density at radius 2 is 2.25 bits per heavy atom. The molecule has 0 heterocycles. The molecule has 1 unspecified atom stereocenters. The Kier molecular flexibility index (Phi) is 4.43. The summed E-state index contributed by atoms with van der Waals surface area (Å²) in [4.78, 5) is 11.1. The van der Waals surface area contributed by atoms with Gasteiger partial charge in [0.15, 0.2) is 0 Å². The van der Waals surface area contributed by atoms with Crippen LogP contribution in [0.2, 0.25) is 0 Å². The summed E-state index contributed by atoms with van der Waals surface area (Å²) < 4.78 is 17.9. The summed E-state index contributed by atoms with van der Waals surface area (Å²) in [7, 11) is 1.20. The van der Waals surface area contributed by atoms with Crippen molar-refractivity contribution in [1.82, 2.24) is 0 Å². The van der Waals surface area contributed by atoms with Crippen molar-refractivity contribution in [3.63, 3.8) is 0 Å². The fraction of sp³-hybridized carbons (Fsp3) is 0.417. The lowest BCUT2D eigenvalue weighted by Crippen LogP contribution is -2.06. The first kappa shape index (κ1) is 12.6. The molecule has 88 valence electrons. The van der Waals surface area contributed by atoms with Gasteiger partial charge in [-0.2, -0.15) is 0 Å². The molecule has 3 nitrogen and oxygen atoms in total. The number of ether oxygens (including phenoxy) is 1. The number of aliphatic hydroxyl groups is 1. The Morgan fingerprint density at radius 3 is 2.75 bits per heavy atom. The van der Waals surface area contributed by atoms with Gasteiger partial charge in [0.1, 0.15) is 5.82 Å². The van der Waals surface area contributed by atoms with E-state index in [1.54, 1.807) is 0 Å². The number of hydrogen-bond acceptors (Lipinski definition) is 3. The van der Waals surface area contributed by atoms with Gasteiger partial charge in [-0.1, -0.05) is 19.4 Å². The highest BCUT2D eigenvalue weighted by Gasteiger charge is 2.14. The van der Waals surface area contributed by atoms with Gasteiger partial charge in [0.2, 0.25) is 0 Å². The van der Waals surface area contributed by atoms with E-state index >= 15 is 0 Å². The van der Waals surface area contributed by atoms with Gasteiger partial charge < -0.3 is 9.84 Å². The second kappa shape index (κ2) is 5.61. The minimum atomic E-state index is -0.714. The van der Waals surface area contributed by atoms with Gasteiger partial charge in [0, 0.05) is 0 Å². The molecule has 0 aliphatic rings. The molecule has 1 N–H and O–H groups in total. The highest BCUT2D eigenvalue weighted by Crippen LogP contribution is 2.21. The van der Waals surface area contributed by atoms with Crippen LogP contribution < -0.4 is 0 Å². The summed E-state index contributed by atoms with van der Waals surface area (Å²) in [5.74, 6) is -1.38. The maximum absolute atomic E-state index is 13.5. The van der Waals surface area contributed by atoms with Crippen LogP contribution in [-0.4, -0.2) is 18.2 Å². The molecular weight excluding hydrogens is 211 g/mol. The van der Waals surface area contributed by atoms with E-state index in [-0.39, 0.29) is 5.56 Å².